The Hall–Kier alpha value is -1.57. The van der Waals surface area contributed by atoms with Gasteiger partial charge in [-0.1, -0.05) is 34.1 Å². The molecule has 19 heavy (non-hydrogen) atoms. The molecule has 0 aliphatic carbocycles. The third kappa shape index (κ3) is 4.55. The van der Waals surface area contributed by atoms with Crippen molar-refractivity contribution in [2.45, 2.75) is 12.7 Å². The van der Waals surface area contributed by atoms with Gasteiger partial charge in [-0.2, -0.15) is 13.2 Å². The molecule has 0 atom stereocenters. The molecule has 0 spiro atoms. The Morgan fingerprint density at radius 2 is 1.84 bits per heavy atom. The summed E-state index contributed by atoms with van der Waals surface area (Å²) < 4.78 is 37.6. The number of hydrogen-bond acceptors (Lipinski definition) is 2. The Bertz CT molecular complexity index is 490. The zero-order valence-corrected chi connectivity index (χ0v) is 11.0. The molecule has 8 heteroatoms. The molecule has 0 aromatic heterocycles. The maximum absolute atomic E-state index is 12.4. The fourth-order valence-corrected chi connectivity index (χ4v) is 1.78. The second-order valence-corrected chi connectivity index (χ2v) is 4.50. The fraction of sp³-hybridized carbons (Fsp3) is 0.273. The van der Waals surface area contributed by atoms with Crippen molar-refractivity contribution in [3.63, 3.8) is 0 Å². The van der Waals surface area contributed by atoms with Crippen LogP contribution >= 0.6 is 15.9 Å². The van der Waals surface area contributed by atoms with Crippen LogP contribution in [0.2, 0.25) is 0 Å². The monoisotopic (exact) mass is 339 g/mol. The second-order valence-electron chi connectivity index (χ2n) is 3.64. The summed E-state index contributed by atoms with van der Waals surface area (Å²) in [6, 6.07) is 6.33. The molecule has 0 fully saturated rings. The summed E-state index contributed by atoms with van der Waals surface area (Å²) in [7, 11) is 0. The summed E-state index contributed by atoms with van der Waals surface area (Å²) in [6.07, 6.45) is -5.10. The van der Waals surface area contributed by atoms with Crippen LogP contribution in [0.25, 0.3) is 0 Å². The maximum atomic E-state index is 12.4. The van der Waals surface area contributed by atoms with Crippen LogP contribution in [0, 0.1) is 0 Å². The first-order valence-electron chi connectivity index (χ1n) is 5.03. The summed E-state index contributed by atoms with van der Waals surface area (Å²) >= 11 is 3.12. The normalized spacial score (nSPS) is 11.2. The van der Waals surface area contributed by atoms with Crippen molar-refractivity contribution in [3.05, 3.63) is 34.3 Å². The van der Waals surface area contributed by atoms with Gasteiger partial charge >= 0.3 is 18.1 Å². The standard InChI is InChI=1S/C11H9BrF3NO3/c12-8-4-2-1-3-7(8)5-16(6-9(17)18)10(19)11(13,14)15/h1-4H,5-6H2,(H,17,18). The molecule has 4 nitrogen and oxygen atoms in total. The molecule has 1 N–H and O–H groups in total. The minimum atomic E-state index is -5.10. The molecule has 0 heterocycles. The smallest absolute Gasteiger partial charge is 0.471 e. The van der Waals surface area contributed by atoms with E-state index in [9.17, 15) is 22.8 Å². The number of carbonyl (C=O) groups is 2. The van der Waals surface area contributed by atoms with Crippen molar-refractivity contribution in [1.29, 1.82) is 0 Å². The summed E-state index contributed by atoms with van der Waals surface area (Å²) in [5.74, 6) is -3.68. The van der Waals surface area contributed by atoms with E-state index >= 15 is 0 Å². The molecular weight excluding hydrogens is 331 g/mol. The number of rotatable bonds is 4. The van der Waals surface area contributed by atoms with Crippen LogP contribution in [0.4, 0.5) is 13.2 Å². The number of nitrogens with zero attached hydrogens (tertiary/aromatic N) is 1. The number of carboxylic acid groups (broad SMARTS) is 1. The van der Waals surface area contributed by atoms with E-state index in [4.69, 9.17) is 5.11 Å². The van der Waals surface area contributed by atoms with E-state index in [-0.39, 0.29) is 4.90 Å². The quantitative estimate of drug-likeness (QED) is 0.916. The van der Waals surface area contributed by atoms with Gasteiger partial charge in [0, 0.05) is 11.0 Å². The first-order chi connectivity index (χ1) is 8.71. The Morgan fingerprint density at radius 3 is 2.32 bits per heavy atom. The van der Waals surface area contributed by atoms with Gasteiger partial charge in [0.25, 0.3) is 0 Å². The topological polar surface area (TPSA) is 57.6 Å². The lowest BCUT2D eigenvalue weighted by Crippen LogP contribution is -2.43. The molecule has 1 rings (SSSR count). The van der Waals surface area contributed by atoms with Crippen molar-refractivity contribution < 1.29 is 27.9 Å². The Balaban J connectivity index is 2.96. The van der Waals surface area contributed by atoms with Crippen LogP contribution in [0.15, 0.2) is 28.7 Å². The van der Waals surface area contributed by atoms with Gasteiger partial charge in [-0.15, -0.1) is 0 Å². The lowest BCUT2D eigenvalue weighted by molar-refractivity contribution is -0.187. The lowest BCUT2D eigenvalue weighted by Gasteiger charge is -2.22. The number of halogens is 4. The van der Waals surface area contributed by atoms with Crippen molar-refractivity contribution in [3.8, 4) is 0 Å². The Kier molecular flexibility index (Phi) is 4.93. The predicted molar refractivity (Wildman–Crippen MR) is 63.2 cm³/mol. The molecular formula is C11H9BrF3NO3. The zero-order chi connectivity index (χ0) is 14.6. The van der Waals surface area contributed by atoms with E-state index in [2.05, 4.69) is 15.9 Å². The van der Waals surface area contributed by atoms with E-state index in [1.165, 1.54) is 6.07 Å². The summed E-state index contributed by atoms with van der Waals surface area (Å²) in [4.78, 5) is 21.9. The van der Waals surface area contributed by atoms with Crippen LogP contribution < -0.4 is 0 Å². The minimum Gasteiger partial charge on any atom is -0.480 e. The molecule has 1 amide bonds. The molecule has 1 aromatic rings. The number of carbonyl (C=O) groups excluding carboxylic acids is 1. The van der Waals surface area contributed by atoms with Crippen LogP contribution in [0.1, 0.15) is 5.56 Å². The molecule has 104 valence electrons. The van der Waals surface area contributed by atoms with Crippen LogP contribution in [0.3, 0.4) is 0 Å². The van der Waals surface area contributed by atoms with Crippen LogP contribution in [0.5, 0.6) is 0 Å². The number of benzene rings is 1. The highest BCUT2D eigenvalue weighted by molar-refractivity contribution is 9.10. The largest absolute Gasteiger partial charge is 0.480 e. The molecule has 0 unspecified atom stereocenters. The number of amides is 1. The van der Waals surface area contributed by atoms with Crippen LogP contribution in [-0.4, -0.2) is 34.6 Å². The number of aliphatic carboxylic acids is 1. The third-order valence-electron chi connectivity index (χ3n) is 2.17. The van der Waals surface area contributed by atoms with E-state index in [0.717, 1.165) is 0 Å². The number of carboxylic acids is 1. The molecule has 0 aliphatic rings. The molecule has 0 radical (unpaired) electrons. The van der Waals surface area contributed by atoms with Crippen molar-refractivity contribution in [1.82, 2.24) is 4.90 Å². The highest BCUT2D eigenvalue weighted by atomic mass is 79.9. The zero-order valence-electron chi connectivity index (χ0n) is 9.45. The molecule has 0 bridgehead atoms. The van der Waals surface area contributed by atoms with Crippen molar-refractivity contribution in [2.24, 2.45) is 0 Å². The van der Waals surface area contributed by atoms with Gasteiger partial charge in [-0.25, -0.2) is 0 Å². The van der Waals surface area contributed by atoms with E-state index in [1.54, 1.807) is 18.2 Å². The summed E-state index contributed by atoms with van der Waals surface area (Å²) in [5, 5.41) is 8.57. The number of alkyl halides is 3. The Morgan fingerprint density at radius 1 is 1.26 bits per heavy atom. The molecule has 1 aromatic carbocycles. The van der Waals surface area contributed by atoms with E-state index in [1.807, 2.05) is 0 Å². The molecule has 0 saturated heterocycles. The van der Waals surface area contributed by atoms with Gasteiger partial charge in [0.15, 0.2) is 0 Å². The lowest BCUT2D eigenvalue weighted by atomic mass is 10.2. The third-order valence-corrected chi connectivity index (χ3v) is 2.95. The van der Waals surface area contributed by atoms with Crippen molar-refractivity contribution >= 4 is 27.8 Å². The summed E-state index contributed by atoms with van der Waals surface area (Å²) in [5.41, 5.74) is 0.390. The van der Waals surface area contributed by atoms with Crippen molar-refractivity contribution in [2.75, 3.05) is 6.54 Å². The van der Waals surface area contributed by atoms with Gasteiger partial charge in [-0.05, 0) is 11.6 Å². The average Bonchev–Trinajstić information content (AvgIpc) is 2.28. The highest BCUT2D eigenvalue weighted by Crippen LogP contribution is 2.22. The molecule has 0 aliphatic heterocycles. The van der Waals surface area contributed by atoms with Gasteiger partial charge in [-0.3, -0.25) is 9.59 Å². The first kappa shape index (κ1) is 15.5. The predicted octanol–water partition coefficient (Wildman–Crippen LogP) is 2.42. The van der Waals surface area contributed by atoms with E-state index in [0.29, 0.717) is 10.0 Å². The second kappa shape index (κ2) is 6.05. The van der Waals surface area contributed by atoms with Gasteiger partial charge < -0.3 is 10.0 Å². The fourth-order valence-electron chi connectivity index (χ4n) is 1.37. The van der Waals surface area contributed by atoms with Crippen LogP contribution in [-0.2, 0) is 16.1 Å². The van der Waals surface area contributed by atoms with Gasteiger partial charge in [0.2, 0.25) is 0 Å². The van der Waals surface area contributed by atoms with Gasteiger partial charge in [0.05, 0.1) is 0 Å². The molecule has 0 saturated carbocycles. The Labute approximate surface area is 114 Å². The minimum absolute atomic E-state index is 0.239. The van der Waals surface area contributed by atoms with Gasteiger partial charge in [0.1, 0.15) is 6.54 Å². The summed E-state index contributed by atoms with van der Waals surface area (Å²) in [6.45, 7) is -1.45. The SMILES string of the molecule is O=C(O)CN(Cc1ccccc1Br)C(=O)C(F)(F)F. The first-order valence-corrected chi connectivity index (χ1v) is 5.82. The number of hydrogen-bond donors (Lipinski definition) is 1. The maximum Gasteiger partial charge on any atom is 0.471 e. The highest BCUT2D eigenvalue weighted by Gasteiger charge is 2.43. The average molecular weight is 340 g/mol. The van der Waals surface area contributed by atoms with E-state index < -0.39 is 31.1 Å².